The molecule has 0 bridgehead atoms. The molecule has 0 aliphatic rings. The van der Waals surface area contributed by atoms with Crippen LogP contribution in [0.25, 0.3) is 10.8 Å². The van der Waals surface area contributed by atoms with Crippen LogP contribution in [0.3, 0.4) is 0 Å². The second-order valence-electron chi connectivity index (χ2n) is 6.74. The minimum absolute atomic E-state index is 0.163. The fraction of sp³-hybridized carbons (Fsp3) is 0.174. The molecule has 0 saturated carbocycles. The normalized spacial score (nSPS) is 11.1. The summed E-state index contributed by atoms with van der Waals surface area (Å²) in [5.74, 6) is 0.494. The number of ether oxygens (including phenoxy) is 1. The fourth-order valence-electron chi connectivity index (χ4n) is 3.02. The lowest BCUT2D eigenvalue weighted by atomic mass is 10.1. The zero-order chi connectivity index (χ0) is 21.6. The molecule has 0 unspecified atom stereocenters. The summed E-state index contributed by atoms with van der Waals surface area (Å²) >= 11 is 0. The molecule has 7 heteroatoms. The summed E-state index contributed by atoms with van der Waals surface area (Å²) in [6, 6.07) is 20.3. The van der Waals surface area contributed by atoms with Crippen molar-refractivity contribution < 1.29 is 17.9 Å². The Balaban J connectivity index is 1.53. The number of carbonyl (C=O) groups excluding carboxylic acids is 1. The molecule has 0 spiro atoms. The lowest BCUT2D eigenvalue weighted by molar-refractivity contribution is 0.0947. The van der Waals surface area contributed by atoms with Gasteiger partial charge in [-0.15, -0.1) is 6.58 Å². The van der Waals surface area contributed by atoms with Gasteiger partial charge in [0.05, 0.1) is 25.0 Å². The molecule has 0 aliphatic heterocycles. The molecule has 0 aliphatic carbocycles. The molecule has 0 heterocycles. The standard InChI is InChI=1S/C23H24N2O4S/c1-3-15-25(30(2,27)28)21-11-8-19(9-12-21)23(26)24-14-16-29-22-13-10-18-6-4-5-7-20(18)17-22/h3-13,17H,1,14-16H2,2H3,(H,24,26). The number of carbonyl (C=O) groups is 1. The summed E-state index contributed by atoms with van der Waals surface area (Å²) in [5.41, 5.74) is 0.921. The van der Waals surface area contributed by atoms with Gasteiger partial charge in [0, 0.05) is 5.56 Å². The van der Waals surface area contributed by atoms with Crippen LogP contribution in [0.2, 0.25) is 0 Å². The van der Waals surface area contributed by atoms with Crippen LogP contribution in [-0.2, 0) is 10.0 Å². The molecule has 0 saturated heterocycles. The minimum Gasteiger partial charge on any atom is -0.492 e. The van der Waals surface area contributed by atoms with Crippen LogP contribution in [0.4, 0.5) is 5.69 Å². The largest absolute Gasteiger partial charge is 0.492 e. The van der Waals surface area contributed by atoms with Gasteiger partial charge in [-0.05, 0) is 47.2 Å². The van der Waals surface area contributed by atoms with E-state index in [4.69, 9.17) is 4.74 Å². The molecular weight excluding hydrogens is 400 g/mol. The molecule has 0 radical (unpaired) electrons. The molecule has 0 aromatic heterocycles. The first-order valence-electron chi connectivity index (χ1n) is 9.47. The van der Waals surface area contributed by atoms with Gasteiger partial charge in [-0.1, -0.05) is 36.4 Å². The van der Waals surface area contributed by atoms with Gasteiger partial charge in [-0.3, -0.25) is 9.10 Å². The summed E-state index contributed by atoms with van der Waals surface area (Å²) in [7, 11) is -3.43. The SMILES string of the molecule is C=CCN(c1ccc(C(=O)NCCOc2ccc3ccccc3c2)cc1)S(C)(=O)=O. The molecular formula is C23H24N2O4S. The third-order valence-electron chi connectivity index (χ3n) is 4.49. The Morgan fingerprint density at radius 3 is 2.43 bits per heavy atom. The molecule has 6 nitrogen and oxygen atoms in total. The number of benzene rings is 3. The summed E-state index contributed by atoms with van der Waals surface area (Å²) in [6.45, 7) is 4.43. The van der Waals surface area contributed by atoms with E-state index < -0.39 is 10.0 Å². The van der Waals surface area contributed by atoms with Crippen molar-refractivity contribution in [3.63, 3.8) is 0 Å². The molecule has 1 N–H and O–H groups in total. The average molecular weight is 425 g/mol. The van der Waals surface area contributed by atoms with Gasteiger partial charge in [0.25, 0.3) is 5.91 Å². The second-order valence-corrected chi connectivity index (χ2v) is 8.65. The van der Waals surface area contributed by atoms with Crippen LogP contribution >= 0.6 is 0 Å². The zero-order valence-electron chi connectivity index (χ0n) is 16.7. The monoisotopic (exact) mass is 424 g/mol. The van der Waals surface area contributed by atoms with Crippen molar-refractivity contribution in [2.24, 2.45) is 0 Å². The highest BCUT2D eigenvalue weighted by molar-refractivity contribution is 7.92. The highest BCUT2D eigenvalue weighted by Gasteiger charge is 2.16. The zero-order valence-corrected chi connectivity index (χ0v) is 17.6. The first-order valence-corrected chi connectivity index (χ1v) is 11.3. The van der Waals surface area contributed by atoms with E-state index in [1.165, 1.54) is 10.4 Å². The Hall–Kier alpha value is -3.32. The molecule has 0 fully saturated rings. The summed E-state index contributed by atoms with van der Waals surface area (Å²) in [5, 5.41) is 5.04. The number of rotatable bonds is 9. The number of nitrogens with one attached hydrogen (secondary N) is 1. The van der Waals surface area contributed by atoms with Crippen molar-refractivity contribution in [2.45, 2.75) is 0 Å². The quantitative estimate of drug-likeness (QED) is 0.421. The van der Waals surface area contributed by atoms with Crippen molar-refractivity contribution in [3.05, 3.63) is 84.9 Å². The summed E-state index contributed by atoms with van der Waals surface area (Å²) in [6.07, 6.45) is 2.64. The van der Waals surface area contributed by atoms with E-state index in [1.807, 2.05) is 42.5 Å². The van der Waals surface area contributed by atoms with Crippen LogP contribution in [-0.4, -0.2) is 40.3 Å². The number of anilines is 1. The predicted molar refractivity (Wildman–Crippen MR) is 121 cm³/mol. The van der Waals surface area contributed by atoms with Gasteiger partial charge in [0.15, 0.2) is 0 Å². The van der Waals surface area contributed by atoms with Crippen LogP contribution in [0.1, 0.15) is 10.4 Å². The topological polar surface area (TPSA) is 75.7 Å². The van der Waals surface area contributed by atoms with Gasteiger partial charge < -0.3 is 10.1 Å². The van der Waals surface area contributed by atoms with Crippen molar-refractivity contribution in [1.82, 2.24) is 5.32 Å². The Morgan fingerprint density at radius 2 is 1.77 bits per heavy atom. The van der Waals surface area contributed by atoms with E-state index in [2.05, 4.69) is 11.9 Å². The van der Waals surface area contributed by atoms with E-state index in [-0.39, 0.29) is 12.5 Å². The van der Waals surface area contributed by atoms with Crippen molar-refractivity contribution in [2.75, 3.05) is 30.3 Å². The van der Waals surface area contributed by atoms with Crippen LogP contribution < -0.4 is 14.4 Å². The molecule has 30 heavy (non-hydrogen) atoms. The number of hydrogen-bond donors (Lipinski definition) is 1. The van der Waals surface area contributed by atoms with E-state index in [1.54, 1.807) is 24.3 Å². The van der Waals surface area contributed by atoms with Crippen LogP contribution in [0.5, 0.6) is 5.75 Å². The maximum absolute atomic E-state index is 12.3. The average Bonchev–Trinajstić information content (AvgIpc) is 2.74. The second kappa shape index (κ2) is 9.45. The smallest absolute Gasteiger partial charge is 0.251 e. The number of sulfonamides is 1. The predicted octanol–water partition coefficient (Wildman–Crippen LogP) is 3.60. The number of amides is 1. The Labute approximate surface area is 176 Å². The Kier molecular flexibility index (Phi) is 6.74. The molecule has 3 aromatic rings. The summed E-state index contributed by atoms with van der Waals surface area (Å²) in [4.78, 5) is 12.3. The van der Waals surface area contributed by atoms with Crippen molar-refractivity contribution >= 4 is 32.4 Å². The highest BCUT2D eigenvalue weighted by Crippen LogP contribution is 2.20. The molecule has 3 rings (SSSR count). The molecule has 156 valence electrons. The number of fused-ring (bicyclic) bond motifs is 1. The molecule has 1 amide bonds. The van der Waals surface area contributed by atoms with E-state index in [9.17, 15) is 13.2 Å². The summed E-state index contributed by atoms with van der Waals surface area (Å²) < 4.78 is 30.7. The van der Waals surface area contributed by atoms with E-state index >= 15 is 0 Å². The maximum atomic E-state index is 12.3. The van der Waals surface area contributed by atoms with Crippen molar-refractivity contribution in [1.29, 1.82) is 0 Å². The van der Waals surface area contributed by atoms with Gasteiger partial charge in [-0.25, -0.2) is 8.42 Å². The van der Waals surface area contributed by atoms with Gasteiger partial charge in [0.1, 0.15) is 12.4 Å². The molecule has 3 aromatic carbocycles. The minimum atomic E-state index is -3.43. The lowest BCUT2D eigenvalue weighted by Gasteiger charge is -2.20. The third kappa shape index (κ3) is 5.39. The fourth-order valence-corrected chi connectivity index (χ4v) is 3.90. The first kappa shape index (κ1) is 21.4. The van der Waals surface area contributed by atoms with Crippen molar-refractivity contribution in [3.8, 4) is 5.75 Å². The first-order chi connectivity index (χ1) is 14.4. The highest BCUT2D eigenvalue weighted by atomic mass is 32.2. The van der Waals surface area contributed by atoms with E-state index in [0.717, 1.165) is 22.8 Å². The van der Waals surface area contributed by atoms with Gasteiger partial charge in [-0.2, -0.15) is 0 Å². The maximum Gasteiger partial charge on any atom is 0.251 e. The van der Waals surface area contributed by atoms with Crippen LogP contribution in [0, 0.1) is 0 Å². The molecule has 0 atom stereocenters. The lowest BCUT2D eigenvalue weighted by Crippen LogP contribution is -2.30. The van der Waals surface area contributed by atoms with Gasteiger partial charge >= 0.3 is 0 Å². The third-order valence-corrected chi connectivity index (χ3v) is 5.65. The van der Waals surface area contributed by atoms with Crippen LogP contribution in [0.15, 0.2) is 79.4 Å². The van der Waals surface area contributed by atoms with E-state index in [0.29, 0.717) is 24.4 Å². The number of nitrogens with zero attached hydrogens (tertiary/aromatic N) is 1. The number of hydrogen-bond acceptors (Lipinski definition) is 4. The Bertz CT molecular complexity index is 1140. The Morgan fingerprint density at radius 1 is 1.07 bits per heavy atom. The van der Waals surface area contributed by atoms with Gasteiger partial charge in [0.2, 0.25) is 10.0 Å².